The molecule has 0 radical (unpaired) electrons. The predicted molar refractivity (Wildman–Crippen MR) is 83.4 cm³/mol. The minimum absolute atomic E-state index is 0.0803. The maximum Gasteiger partial charge on any atom is 0.263 e. The lowest BCUT2D eigenvalue weighted by molar-refractivity contribution is 0.280. The number of sulfonamides is 1. The number of hydrogen-bond acceptors (Lipinski definition) is 5. The topological polar surface area (TPSA) is 71.3 Å². The van der Waals surface area contributed by atoms with Gasteiger partial charge in [-0.15, -0.1) is 5.10 Å². The Morgan fingerprint density at radius 3 is 2.38 bits per heavy atom. The Labute approximate surface area is 134 Å². The van der Waals surface area contributed by atoms with Gasteiger partial charge in [-0.05, 0) is 42.9 Å². The van der Waals surface area contributed by atoms with Crippen LogP contribution in [0.25, 0.3) is 0 Å². The number of aryl methyl sites for hydroxylation is 1. The molecule has 9 heteroatoms. The molecule has 7 nitrogen and oxygen atoms in total. The lowest BCUT2D eigenvalue weighted by Crippen LogP contribution is -2.43. The summed E-state index contributed by atoms with van der Waals surface area (Å²) in [5.74, 6) is 0. The van der Waals surface area contributed by atoms with E-state index in [1.807, 2.05) is 19.0 Å². The Kier molecular flexibility index (Phi) is 5.39. The van der Waals surface area contributed by atoms with Gasteiger partial charge in [0.25, 0.3) is 10.0 Å². The van der Waals surface area contributed by atoms with Gasteiger partial charge in [0, 0.05) is 26.2 Å². The second-order valence-corrected chi connectivity index (χ2v) is 8.22. The first-order valence-electron chi connectivity index (χ1n) is 7.06. The minimum Gasteiger partial charge on any atom is -0.308 e. The molecule has 1 aromatic rings. The molecule has 1 heterocycles. The van der Waals surface area contributed by atoms with E-state index in [0.29, 0.717) is 13.1 Å². The molecule has 0 aliphatic heterocycles. The lowest BCUT2D eigenvalue weighted by atomic mass is 10.2. The summed E-state index contributed by atoms with van der Waals surface area (Å²) in [6.07, 6.45) is 4.03. The summed E-state index contributed by atoms with van der Waals surface area (Å²) in [5, 5.41) is 7.72. The fourth-order valence-electron chi connectivity index (χ4n) is 2.70. The van der Waals surface area contributed by atoms with Crippen molar-refractivity contribution in [1.29, 1.82) is 0 Å². The molecule has 1 aliphatic carbocycles. The molecular weight excluding hydrogens is 358 g/mol. The highest BCUT2D eigenvalue weighted by molar-refractivity contribution is 9.10. The van der Waals surface area contributed by atoms with E-state index in [2.05, 4.69) is 26.2 Å². The summed E-state index contributed by atoms with van der Waals surface area (Å²) in [4.78, 5) is 1.99. The summed E-state index contributed by atoms with van der Waals surface area (Å²) in [6, 6.07) is 0.0803. The molecule has 0 spiro atoms. The Bertz CT molecular complexity index is 561. The van der Waals surface area contributed by atoms with E-state index in [4.69, 9.17) is 0 Å². The van der Waals surface area contributed by atoms with Crippen LogP contribution in [0.4, 0.5) is 0 Å². The Hall–Kier alpha value is -0.510. The molecule has 1 aromatic heterocycles. The second-order valence-electron chi connectivity index (χ2n) is 5.67. The normalized spacial score (nSPS) is 17.2. The third-order valence-corrected chi connectivity index (χ3v) is 6.63. The van der Waals surface area contributed by atoms with Gasteiger partial charge in [0.2, 0.25) is 5.03 Å². The Balaban J connectivity index is 2.34. The highest BCUT2D eigenvalue weighted by Crippen LogP contribution is 2.30. The number of nitrogens with zero attached hydrogens (tertiary/aromatic N) is 5. The van der Waals surface area contributed by atoms with E-state index in [9.17, 15) is 8.42 Å². The fraction of sp³-hybridized carbons (Fsp3) is 0.833. The van der Waals surface area contributed by atoms with Gasteiger partial charge in [-0.1, -0.05) is 18.1 Å². The standard InChI is InChI=1S/C12H22BrN5O2S/c1-16(2)8-9-18(10-6-4-5-7-10)21(19,20)12-11(13)14-15-17(12)3/h10H,4-9H2,1-3H3. The first kappa shape index (κ1) is 16.9. The number of aromatic nitrogens is 3. The molecule has 0 bridgehead atoms. The summed E-state index contributed by atoms with van der Waals surface area (Å²) in [7, 11) is 1.89. The van der Waals surface area contributed by atoms with Crippen LogP contribution in [-0.4, -0.2) is 65.8 Å². The average Bonchev–Trinajstić information content (AvgIpc) is 2.99. The van der Waals surface area contributed by atoms with Crippen LogP contribution < -0.4 is 0 Å². The minimum atomic E-state index is -3.60. The van der Waals surface area contributed by atoms with Crippen molar-refractivity contribution in [2.75, 3.05) is 27.2 Å². The van der Waals surface area contributed by atoms with Crippen molar-refractivity contribution < 1.29 is 8.42 Å². The molecule has 0 N–H and O–H groups in total. The summed E-state index contributed by atoms with van der Waals surface area (Å²) < 4.78 is 29.2. The zero-order chi connectivity index (χ0) is 15.6. The highest BCUT2D eigenvalue weighted by atomic mass is 79.9. The van der Waals surface area contributed by atoms with Crippen molar-refractivity contribution in [2.45, 2.75) is 36.8 Å². The van der Waals surface area contributed by atoms with E-state index >= 15 is 0 Å². The predicted octanol–water partition coefficient (Wildman–Crippen LogP) is 1.07. The number of hydrogen-bond donors (Lipinski definition) is 0. The van der Waals surface area contributed by atoms with Crippen LogP contribution in [0.2, 0.25) is 0 Å². The third-order valence-electron chi connectivity index (χ3n) is 3.79. The molecule has 0 amide bonds. The second kappa shape index (κ2) is 6.72. The molecule has 1 saturated carbocycles. The van der Waals surface area contributed by atoms with Gasteiger partial charge >= 0.3 is 0 Å². The maximum atomic E-state index is 13.0. The molecule has 21 heavy (non-hydrogen) atoms. The molecule has 0 aromatic carbocycles. The Morgan fingerprint density at radius 1 is 1.29 bits per heavy atom. The maximum absolute atomic E-state index is 13.0. The van der Waals surface area contributed by atoms with Crippen LogP contribution in [0.5, 0.6) is 0 Å². The van der Waals surface area contributed by atoms with Gasteiger partial charge in [0.1, 0.15) is 0 Å². The van der Waals surface area contributed by atoms with Crippen molar-refractivity contribution in [2.24, 2.45) is 7.05 Å². The summed E-state index contributed by atoms with van der Waals surface area (Å²) >= 11 is 3.20. The molecule has 0 atom stereocenters. The zero-order valence-corrected chi connectivity index (χ0v) is 15.1. The summed E-state index contributed by atoms with van der Waals surface area (Å²) in [6.45, 7) is 1.18. The monoisotopic (exact) mass is 379 g/mol. The van der Waals surface area contributed by atoms with Gasteiger partial charge in [-0.3, -0.25) is 0 Å². The molecule has 1 aliphatic rings. The molecule has 2 rings (SSSR count). The highest BCUT2D eigenvalue weighted by Gasteiger charge is 2.36. The van der Waals surface area contributed by atoms with Gasteiger partial charge < -0.3 is 4.90 Å². The number of rotatable bonds is 6. The van der Waals surface area contributed by atoms with E-state index in [1.165, 1.54) is 4.68 Å². The Morgan fingerprint density at radius 2 is 1.90 bits per heavy atom. The van der Waals surface area contributed by atoms with E-state index in [-0.39, 0.29) is 15.7 Å². The van der Waals surface area contributed by atoms with Crippen molar-refractivity contribution in [3.05, 3.63) is 4.60 Å². The van der Waals surface area contributed by atoms with Crippen molar-refractivity contribution in [3.63, 3.8) is 0 Å². The fourth-order valence-corrected chi connectivity index (χ4v) is 5.41. The van der Waals surface area contributed by atoms with Crippen LogP contribution in [0.1, 0.15) is 25.7 Å². The average molecular weight is 380 g/mol. The van der Waals surface area contributed by atoms with Crippen LogP contribution in [0.3, 0.4) is 0 Å². The van der Waals surface area contributed by atoms with E-state index in [0.717, 1.165) is 25.7 Å². The SMILES string of the molecule is CN(C)CCN(C1CCCC1)S(=O)(=O)c1c(Br)nnn1C. The lowest BCUT2D eigenvalue weighted by Gasteiger charge is -2.28. The van der Waals surface area contributed by atoms with Gasteiger partial charge in [-0.25, -0.2) is 13.1 Å². The summed E-state index contributed by atoms with van der Waals surface area (Å²) in [5.41, 5.74) is 0. The first-order valence-corrected chi connectivity index (χ1v) is 9.29. The molecule has 0 saturated heterocycles. The number of likely N-dealkylation sites (N-methyl/N-ethyl adjacent to an activating group) is 1. The van der Waals surface area contributed by atoms with Gasteiger partial charge in [0.15, 0.2) is 4.60 Å². The van der Waals surface area contributed by atoms with Gasteiger partial charge in [-0.2, -0.15) is 4.31 Å². The van der Waals surface area contributed by atoms with Crippen LogP contribution in [0, 0.1) is 0 Å². The van der Waals surface area contributed by atoms with Crippen molar-refractivity contribution in [3.8, 4) is 0 Å². The van der Waals surface area contributed by atoms with E-state index in [1.54, 1.807) is 11.4 Å². The molecule has 1 fully saturated rings. The zero-order valence-electron chi connectivity index (χ0n) is 12.7. The molecular formula is C12H22BrN5O2S. The third kappa shape index (κ3) is 3.64. The van der Waals surface area contributed by atoms with Gasteiger partial charge in [0.05, 0.1) is 0 Å². The van der Waals surface area contributed by atoms with Crippen LogP contribution in [0.15, 0.2) is 9.63 Å². The van der Waals surface area contributed by atoms with Crippen molar-refractivity contribution >= 4 is 26.0 Å². The van der Waals surface area contributed by atoms with Crippen molar-refractivity contribution in [1.82, 2.24) is 24.2 Å². The number of halogens is 1. The van der Waals surface area contributed by atoms with E-state index < -0.39 is 10.0 Å². The first-order chi connectivity index (χ1) is 9.84. The quantitative estimate of drug-likeness (QED) is 0.739. The largest absolute Gasteiger partial charge is 0.308 e. The van der Waals surface area contributed by atoms with Crippen LogP contribution >= 0.6 is 15.9 Å². The smallest absolute Gasteiger partial charge is 0.263 e. The van der Waals surface area contributed by atoms with Crippen LogP contribution in [-0.2, 0) is 17.1 Å². The molecule has 120 valence electrons. The molecule has 0 unspecified atom stereocenters.